The summed E-state index contributed by atoms with van der Waals surface area (Å²) in [6, 6.07) is 8.48. The van der Waals surface area contributed by atoms with Crippen molar-refractivity contribution < 1.29 is 17.2 Å². The van der Waals surface area contributed by atoms with Gasteiger partial charge in [-0.05, 0) is 43.2 Å². The molecule has 0 bridgehead atoms. The summed E-state index contributed by atoms with van der Waals surface area (Å²) in [7, 11) is -3.31. The number of nitrogens with zero attached hydrogens (tertiary/aromatic N) is 2. The second kappa shape index (κ2) is 5.98. The molecule has 1 unspecified atom stereocenters. The van der Waals surface area contributed by atoms with Crippen LogP contribution in [0.25, 0.3) is 11.3 Å². The molecule has 3 rings (SSSR count). The molecule has 23 heavy (non-hydrogen) atoms. The number of rotatable bonds is 3. The van der Waals surface area contributed by atoms with Crippen LogP contribution in [0.1, 0.15) is 24.6 Å². The molecule has 1 fully saturated rings. The third-order valence-electron chi connectivity index (χ3n) is 3.96. The zero-order valence-electron chi connectivity index (χ0n) is 12.5. The fraction of sp³-hybridized carbons (Fsp3) is 0.312. The van der Waals surface area contributed by atoms with Crippen molar-refractivity contribution in [1.29, 1.82) is 0 Å². The Morgan fingerprint density at radius 1 is 1.17 bits per heavy atom. The molecular weight excluding hydrogens is 322 g/mol. The summed E-state index contributed by atoms with van der Waals surface area (Å²) < 4.78 is 51.6. The number of halogens is 2. The van der Waals surface area contributed by atoms with Crippen molar-refractivity contribution >= 4 is 10.0 Å². The van der Waals surface area contributed by atoms with Crippen LogP contribution < -0.4 is 0 Å². The minimum atomic E-state index is -3.31. The highest BCUT2D eigenvalue weighted by Crippen LogP contribution is 2.33. The van der Waals surface area contributed by atoms with Gasteiger partial charge in [-0.25, -0.2) is 17.2 Å². The van der Waals surface area contributed by atoms with E-state index in [-0.39, 0.29) is 6.04 Å². The minimum Gasteiger partial charge on any atom is -0.251 e. The third-order valence-corrected chi connectivity index (χ3v) is 5.25. The third kappa shape index (κ3) is 3.25. The molecule has 0 radical (unpaired) electrons. The second-order valence-corrected chi connectivity index (χ2v) is 7.54. The van der Waals surface area contributed by atoms with Gasteiger partial charge in [-0.3, -0.25) is 4.98 Å². The first-order valence-corrected chi connectivity index (χ1v) is 9.10. The van der Waals surface area contributed by atoms with Gasteiger partial charge in [0.1, 0.15) is 0 Å². The molecule has 2 heterocycles. The fourth-order valence-electron chi connectivity index (χ4n) is 2.89. The summed E-state index contributed by atoms with van der Waals surface area (Å²) in [5.41, 5.74) is 1.56. The van der Waals surface area contributed by atoms with E-state index >= 15 is 0 Å². The molecule has 1 aromatic carbocycles. The highest BCUT2D eigenvalue weighted by Gasteiger charge is 2.33. The van der Waals surface area contributed by atoms with E-state index in [2.05, 4.69) is 4.98 Å². The Morgan fingerprint density at radius 2 is 1.96 bits per heavy atom. The van der Waals surface area contributed by atoms with Crippen LogP contribution in [0.4, 0.5) is 8.78 Å². The van der Waals surface area contributed by atoms with Crippen LogP contribution in [0, 0.1) is 11.6 Å². The quantitative estimate of drug-likeness (QED) is 0.864. The van der Waals surface area contributed by atoms with Gasteiger partial charge in [0.2, 0.25) is 10.0 Å². The Kier molecular flexibility index (Phi) is 4.16. The van der Waals surface area contributed by atoms with Gasteiger partial charge >= 0.3 is 0 Å². The normalized spacial score (nSPS) is 19.2. The number of pyridine rings is 1. The molecule has 7 heteroatoms. The summed E-state index contributed by atoms with van der Waals surface area (Å²) >= 11 is 0. The van der Waals surface area contributed by atoms with Gasteiger partial charge in [-0.1, -0.05) is 6.07 Å². The van der Waals surface area contributed by atoms with Crippen LogP contribution in [0.3, 0.4) is 0 Å². The van der Waals surface area contributed by atoms with Crippen LogP contribution in [0.15, 0.2) is 36.4 Å². The molecule has 1 aliphatic rings. The zero-order chi connectivity index (χ0) is 16.6. The maximum absolute atomic E-state index is 13.4. The van der Waals surface area contributed by atoms with Crippen molar-refractivity contribution in [2.75, 3.05) is 12.8 Å². The van der Waals surface area contributed by atoms with E-state index in [1.165, 1.54) is 16.6 Å². The number of sulfonamides is 1. The first-order valence-electron chi connectivity index (χ1n) is 7.25. The van der Waals surface area contributed by atoms with Crippen molar-refractivity contribution in [3.05, 3.63) is 53.7 Å². The topological polar surface area (TPSA) is 50.3 Å². The monoisotopic (exact) mass is 338 g/mol. The fourth-order valence-corrected chi connectivity index (χ4v) is 4.02. The average Bonchev–Trinajstić information content (AvgIpc) is 3.00. The lowest BCUT2D eigenvalue weighted by Crippen LogP contribution is -2.29. The Morgan fingerprint density at radius 3 is 2.65 bits per heavy atom. The molecule has 1 aliphatic heterocycles. The first-order chi connectivity index (χ1) is 10.9. The lowest BCUT2D eigenvalue weighted by atomic mass is 10.1. The molecule has 1 aromatic heterocycles. The van der Waals surface area contributed by atoms with Gasteiger partial charge in [0.15, 0.2) is 11.6 Å². The Labute approximate surface area is 133 Å². The maximum Gasteiger partial charge on any atom is 0.211 e. The van der Waals surface area contributed by atoms with E-state index in [9.17, 15) is 17.2 Å². The summed E-state index contributed by atoms with van der Waals surface area (Å²) in [5, 5.41) is 0. The standard InChI is InChI=1S/C16H16F2N2O2S/c1-23(21,22)20-9-3-6-16(20)15-5-2-4-14(19-15)11-7-8-12(17)13(18)10-11/h2,4-5,7-8,10,16H,3,6,9H2,1H3. The SMILES string of the molecule is CS(=O)(=O)N1CCCC1c1cccc(-c2ccc(F)c(F)c2)n1. The van der Waals surface area contributed by atoms with E-state index in [4.69, 9.17) is 0 Å². The molecule has 4 nitrogen and oxygen atoms in total. The Bertz CT molecular complexity index is 840. The summed E-state index contributed by atoms with van der Waals surface area (Å²) in [4.78, 5) is 4.46. The second-order valence-electron chi connectivity index (χ2n) is 5.61. The van der Waals surface area contributed by atoms with Crippen molar-refractivity contribution in [3.63, 3.8) is 0 Å². The number of hydrogen-bond donors (Lipinski definition) is 0. The number of aromatic nitrogens is 1. The van der Waals surface area contributed by atoms with Gasteiger partial charge in [-0.2, -0.15) is 4.31 Å². The molecular formula is C16H16F2N2O2S. The molecule has 2 aromatic rings. The van der Waals surface area contributed by atoms with Crippen molar-refractivity contribution in [2.24, 2.45) is 0 Å². The van der Waals surface area contributed by atoms with Crippen molar-refractivity contribution in [1.82, 2.24) is 9.29 Å². The Hall–Kier alpha value is -1.86. The van der Waals surface area contributed by atoms with Crippen LogP contribution in [0.2, 0.25) is 0 Å². The average molecular weight is 338 g/mol. The van der Waals surface area contributed by atoms with Gasteiger partial charge < -0.3 is 0 Å². The largest absolute Gasteiger partial charge is 0.251 e. The summed E-state index contributed by atoms with van der Waals surface area (Å²) in [6.45, 7) is 0.473. The van der Waals surface area contributed by atoms with Crippen LogP contribution in [-0.2, 0) is 10.0 Å². The Balaban J connectivity index is 1.98. The zero-order valence-corrected chi connectivity index (χ0v) is 13.4. The van der Waals surface area contributed by atoms with Gasteiger partial charge in [0.25, 0.3) is 0 Å². The van der Waals surface area contributed by atoms with E-state index in [1.807, 2.05) is 0 Å². The molecule has 1 saturated heterocycles. The van der Waals surface area contributed by atoms with Crippen LogP contribution in [-0.4, -0.2) is 30.5 Å². The summed E-state index contributed by atoms with van der Waals surface area (Å²) in [5.74, 6) is -1.85. The highest BCUT2D eigenvalue weighted by molar-refractivity contribution is 7.88. The lowest BCUT2D eigenvalue weighted by Gasteiger charge is -2.22. The molecule has 0 spiro atoms. The highest BCUT2D eigenvalue weighted by atomic mass is 32.2. The number of benzene rings is 1. The molecule has 0 N–H and O–H groups in total. The van der Waals surface area contributed by atoms with Gasteiger partial charge in [0.05, 0.1) is 23.7 Å². The van der Waals surface area contributed by atoms with E-state index in [0.717, 1.165) is 18.6 Å². The van der Waals surface area contributed by atoms with Crippen LogP contribution >= 0.6 is 0 Å². The van der Waals surface area contributed by atoms with E-state index < -0.39 is 21.7 Å². The molecule has 122 valence electrons. The predicted molar refractivity (Wildman–Crippen MR) is 83.1 cm³/mol. The van der Waals surface area contributed by atoms with Crippen molar-refractivity contribution in [2.45, 2.75) is 18.9 Å². The number of hydrogen-bond acceptors (Lipinski definition) is 3. The smallest absolute Gasteiger partial charge is 0.211 e. The van der Waals surface area contributed by atoms with E-state index in [0.29, 0.717) is 29.9 Å². The molecule has 0 amide bonds. The van der Waals surface area contributed by atoms with Crippen LogP contribution in [0.5, 0.6) is 0 Å². The molecule has 0 aliphatic carbocycles. The van der Waals surface area contributed by atoms with E-state index in [1.54, 1.807) is 18.2 Å². The summed E-state index contributed by atoms with van der Waals surface area (Å²) in [6.07, 6.45) is 2.65. The van der Waals surface area contributed by atoms with Gasteiger partial charge in [-0.15, -0.1) is 0 Å². The first kappa shape index (κ1) is 16.0. The van der Waals surface area contributed by atoms with Crippen molar-refractivity contribution in [3.8, 4) is 11.3 Å². The lowest BCUT2D eigenvalue weighted by molar-refractivity contribution is 0.394. The maximum atomic E-state index is 13.4. The predicted octanol–water partition coefficient (Wildman–Crippen LogP) is 3.12. The van der Waals surface area contributed by atoms with Gasteiger partial charge in [0, 0.05) is 12.1 Å². The molecule has 1 atom stereocenters. The molecule has 0 saturated carbocycles. The minimum absolute atomic E-state index is 0.310.